The lowest BCUT2D eigenvalue weighted by atomic mass is 10.1. The Morgan fingerprint density at radius 1 is 0.897 bits per heavy atom. The van der Waals surface area contributed by atoms with Crippen molar-refractivity contribution in [2.24, 2.45) is 15.1 Å². The van der Waals surface area contributed by atoms with E-state index < -0.39 is 0 Å². The van der Waals surface area contributed by atoms with Crippen LogP contribution in [0.1, 0.15) is 22.9 Å². The van der Waals surface area contributed by atoms with E-state index in [0.29, 0.717) is 15.8 Å². The Balaban J connectivity index is 1.53. The Bertz CT molecular complexity index is 1080. The van der Waals surface area contributed by atoms with Crippen LogP contribution in [-0.2, 0) is 11.4 Å². The highest BCUT2D eigenvalue weighted by Crippen LogP contribution is 2.26. The van der Waals surface area contributed by atoms with Crippen LogP contribution in [0.4, 0.5) is 0 Å². The van der Waals surface area contributed by atoms with E-state index in [1.165, 1.54) is 0 Å². The molecule has 3 aromatic carbocycles. The van der Waals surface area contributed by atoms with Crippen LogP contribution in [0.2, 0.25) is 10.0 Å². The van der Waals surface area contributed by atoms with E-state index in [9.17, 15) is 0 Å². The summed E-state index contributed by atoms with van der Waals surface area (Å²) < 4.78 is 0. The molecule has 0 saturated heterocycles. The molecule has 1 unspecified atom stereocenters. The maximum absolute atomic E-state index is 6.17. The quantitative estimate of drug-likeness (QED) is 0.348. The lowest BCUT2D eigenvalue weighted by Gasteiger charge is -2.03. The van der Waals surface area contributed by atoms with Gasteiger partial charge in [-0.2, -0.15) is 0 Å². The minimum Gasteiger partial charge on any atom is -0.391 e. The molecule has 0 saturated carbocycles. The first-order valence-corrected chi connectivity index (χ1v) is 9.82. The lowest BCUT2D eigenvalue weighted by molar-refractivity contribution is 0.132. The molecule has 4 rings (SSSR count). The largest absolute Gasteiger partial charge is 0.391 e. The number of halogens is 2. The van der Waals surface area contributed by atoms with E-state index in [4.69, 9.17) is 38.0 Å². The van der Waals surface area contributed by atoms with E-state index in [1.807, 2.05) is 66.7 Å². The highest BCUT2D eigenvalue weighted by atomic mass is 35.5. The summed E-state index contributed by atoms with van der Waals surface area (Å²) in [5.74, 6) is 0. The summed E-state index contributed by atoms with van der Waals surface area (Å²) >= 11 is 12.1. The minimum atomic E-state index is -0.293. The number of rotatable bonds is 6. The van der Waals surface area contributed by atoms with Crippen LogP contribution in [-0.4, -0.2) is 17.6 Å². The Morgan fingerprint density at radius 3 is 2.34 bits per heavy atom. The summed E-state index contributed by atoms with van der Waals surface area (Å²) in [5, 5.41) is 5.21. The molecule has 4 nitrogen and oxygen atoms in total. The Hall–Kier alpha value is -2.95. The molecule has 144 valence electrons. The molecule has 1 aliphatic heterocycles. The second-order valence-corrected chi connectivity index (χ2v) is 7.23. The van der Waals surface area contributed by atoms with Gasteiger partial charge in [0.2, 0.25) is 0 Å². The molecule has 1 aliphatic rings. The zero-order valence-electron chi connectivity index (χ0n) is 15.4. The first-order chi connectivity index (χ1) is 14.2. The molecule has 1 atom stereocenters. The van der Waals surface area contributed by atoms with Crippen molar-refractivity contribution in [3.05, 3.63) is 106 Å². The van der Waals surface area contributed by atoms with Gasteiger partial charge in [0.25, 0.3) is 0 Å². The monoisotopic (exact) mass is 421 g/mol. The van der Waals surface area contributed by atoms with Gasteiger partial charge in [-0.3, -0.25) is 4.99 Å². The van der Waals surface area contributed by atoms with Gasteiger partial charge >= 0.3 is 0 Å². The normalized spacial score (nSPS) is 16.0. The van der Waals surface area contributed by atoms with Crippen LogP contribution in [0.25, 0.3) is 0 Å². The fourth-order valence-electron chi connectivity index (χ4n) is 2.93. The molecule has 0 N–H and O–H groups in total. The average molecular weight is 422 g/mol. The zero-order chi connectivity index (χ0) is 20.1. The highest BCUT2D eigenvalue weighted by molar-refractivity contribution is 6.67. The van der Waals surface area contributed by atoms with Gasteiger partial charge in [-0.1, -0.05) is 95.1 Å². The predicted octanol–water partition coefficient (Wildman–Crippen LogP) is 6.14. The van der Waals surface area contributed by atoms with Crippen molar-refractivity contribution < 1.29 is 4.84 Å². The standard InChI is InChI=1S/C23H17Cl2N3O/c24-19-12-11-18(20(25)13-19)15-29-26-14-21-22(16-7-3-1-4-8-16)28-23(27-21)17-9-5-2-6-10-17/h1-14,23H,15H2/b26-14+. The maximum Gasteiger partial charge on any atom is 0.166 e. The number of nitrogens with zero attached hydrogens (tertiary/aromatic N) is 3. The van der Waals surface area contributed by atoms with Gasteiger partial charge in [0.1, 0.15) is 12.3 Å². The molecule has 0 spiro atoms. The number of oxime groups is 1. The van der Waals surface area contributed by atoms with E-state index >= 15 is 0 Å². The van der Waals surface area contributed by atoms with Gasteiger partial charge in [0.15, 0.2) is 6.17 Å². The number of benzene rings is 3. The van der Waals surface area contributed by atoms with Gasteiger partial charge in [-0.25, -0.2) is 4.99 Å². The van der Waals surface area contributed by atoms with Crippen molar-refractivity contribution in [2.45, 2.75) is 12.8 Å². The fraction of sp³-hybridized carbons (Fsp3) is 0.0870. The Labute approximate surface area is 179 Å². The molecule has 0 bridgehead atoms. The van der Waals surface area contributed by atoms with Crippen LogP contribution < -0.4 is 0 Å². The molecule has 1 heterocycles. The van der Waals surface area contributed by atoms with E-state index in [1.54, 1.807) is 18.3 Å². The molecule has 0 aliphatic carbocycles. The van der Waals surface area contributed by atoms with Crippen LogP contribution in [0.15, 0.2) is 94.0 Å². The molecule has 6 heteroatoms. The molecule has 0 amide bonds. The maximum atomic E-state index is 6.17. The summed E-state index contributed by atoms with van der Waals surface area (Å²) in [6, 6.07) is 25.1. The first kappa shape index (κ1) is 19.4. The highest BCUT2D eigenvalue weighted by Gasteiger charge is 2.22. The Kier molecular flexibility index (Phi) is 6.03. The number of hydrogen-bond donors (Lipinski definition) is 0. The van der Waals surface area contributed by atoms with E-state index in [0.717, 1.165) is 22.4 Å². The van der Waals surface area contributed by atoms with Gasteiger partial charge in [0.05, 0.1) is 11.9 Å². The van der Waals surface area contributed by atoms with Crippen LogP contribution >= 0.6 is 23.2 Å². The topological polar surface area (TPSA) is 46.3 Å². The molecule has 0 aromatic heterocycles. The first-order valence-electron chi connectivity index (χ1n) is 9.06. The van der Waals surface area contributed by atoms with Crippen LogP contribution in [0.3, 0.4) is 0 Å². The number of aliphatic imine (C=N–C) groups is 2. The van der Waals surface area contributed by atoms with Crippen LogP contribution in [0, 0.1) is 0 Å². The second-order valence-electron chi connectivity index (χ2n) is 6.39. The predicted molar refractivity (Wildman–Crippen MR) is 119 cm³/mol. The van der Waals surface area contributed by atoms with Gasteiger partial charge in [0, 0.05) is 21.2 Å². The Morgan fingerprint density at radius 2 is 1.62 bits per heavy atom. The third-order valence-corrected chi connectivity index (χ3v) is 4.97. The summed E-state index contributed by atoms with van der Waals surface area (Å²) in [7, 11) is 0. The summed E-state index contributed by atoms with van der Waals surface area (Å²) in [6.07, 6.45) is 1.30. The van der Waals surface area contributed by atoms with Crippen molar-refractivity contribution in [2.75, 3.05) is 0 Å². The summed E-state index contributed by atoms with van der Waals surface area (Å²) in [6.45, 7) is 0.236. The van der Waals surface area contributed by atoms with Gasteiger partial charge in [-0.05, 0) is 17.7 Å². The van der Waals surface area contributed by atoms with Gasteiger partial charge < -0.3 is 4.84 Å². The smallest absolute Gasteiger partial charge is 0.166 e. The van der Waals surface area contributed by atoms with Crippen molar-refractivity contribution in [1.29, 1.82) is 0 Å². The molecule has 0 fully saturated rings. The average Bonchev–Trinajstić information content (AvgIpc) is 3.18. The molecule has 3 aromatic rings. The van der Waals surface area contributed by atoms with Crippen molar-refractivity contribution >= 4 is 40.8 Å². The summed E-state index contributed by atoms with van der Waals surface area (Å²) in [5.41, 5.74) is 4.28. The van der Waals surface area contributed by atoms with Crippen molar-refractivity contribution in [3.63, 3.8) is 0 Å². The van der Waals surface area contributed by atoms with Gasteiger partial charge in [-0.15, -0.1) is 0 Å². The van der Waals surface area contributed by atoms with Crippen molar-refractivity contribution in [3.8, 4) is 0 Å². The number of hydrogen-bond acceptors (Lipinski definition) is 4. The molecular weight excluding hydrogens is 405 g/mol. The van der Waals surface area contributed by atoms with Crippen molar-refractivity contribution in [1.82, 2.24) is 0 Å². The van der Waals surface area contributed by atoms with Crippen LogP contribution in [0.5, 0.6) is 0 Å². The minimum absolute atomic E-state index is 0.236. The fourth-order valence-corrected chi connectivity index (χ4v) is 3.39. The molecule has 29 heavy (non-hydrogen) atoms. The lowest BCUT2D eigenvalue weighted by Crippen LogP contribution is -2.13. The third-order valence-electron chi connectivity index (χ3n) is 4.39. The zero-order valence-corrected chi connectivity index (χ0v) is 16.9. The molecular formula is C23H17Cl2N3O. The summed E-state index contributed by atoms with van der Waals surface area (Å²) in [4.78, 5) is 15.0. The SMILES string of the molecule is Clc1ccc(CO/N=C/C2=NC(c3ccccc3)N=C2c2ccccc2)c(Cl)c1. The third kappa shape index (κ3) is 4.73. The molecule has 0 radical (unpaired) electrons. The van der Waals surface area contributed by atoms with E-state index in [-0.39, 0.29) is 12.8 Å². The van der Waals surface area contributed by atoms with E-state index in [2.05, 4.69) is 5.16 Å². The second kappa shape index (κ2) is 9.03.